The van der Waals surface area contributed by atoms with E-state index >= 15 is 0 Å². The normalized spacial score (nSPS) is 17.4. The first kappa shape index (κ1) is 9.25. The summed E-state index contributed by atoms with van der Waals surface area (Å²) in [5.41, 5.74) is 2.48. The zero-order valence-corrected chi connectivity index (χ0v) is 9.55. The van der Waals surface area contributed by atoms with E-state index in [0.29, 0.717) is 0 Å². The van der Waals surface area contributed by atoms with Crippen LogP contribution in [0.25, 0.3) is 0 Å². The fourth-order valence-electron chi connectivity index (χ4n) is 1.72. The molecule has 1 saturated carbocycles. The highest BCUT2D eigenvalue weighted by Crippen LogP contribution is 2.27. The van der Waals surface area contributed by atoms with Crippen LogP contribution in [0.3, 0.4) is 0 Å². The van der Waals surface area contributed by atoms with Crippen LogP contribution in [-0.4, -0.2) is 9.78 Å². The second-order valence-corrected chi connectivity index (χ2v) is 4.45. The number of hydrogen-bond acceptors (Lipinski definition) is 1. The van der Waals surface area contributed by atoms with Gasteiger partial charge in [-0.1, -0.05) is 22.4 Å². The molecule has 0 radical (unpaired) electrons. The lowest BCUT2D eigenvalue weighted by atomic mass is 9.85. The van der Waals surface area contributed by atoms with Crippen LogP contribution in [0.4, 0.5) is 0 Å². The molecule has 2 nitrogen and oxygen atoms in total. The standard InChI is InChI=1S/C10H15BrN2/c1-8-10(5-11)7-13(12-8)6-9-3-2-4-9/h7,9H,2-6H2,1H3. The number of rotatable bonds is 3. The Morgan fingerprint density at radius 3 is 2.85 bits per heavy atom. The summed E-state index contributed by atoms with van der Waals surface area (Å²) >= 11 is 3.47. The molecule has 1 aliphatic carbocycles. The quantitative estimate of drug-likeness (QED) is 0.746. The molecule has 0 aromatic carbocycles. The van der Waals surface area contributed by atoms with E-state index in [1.54, 1.807) is 0 Å². The lowest BCUT2D eigenvalue weighted by Gasteiger charge is -2.24. The smallest absolute Gasteiger partial charge is 0.0634 e. The first-order chi connectivity index (χ1) is 6.29. The summed E-state index contributed by atoms with van der Waals surface area (Å²) in [5.74, 6) is 0.891. The van der Waals surface area contributed by atoms with Gasteiger partial charge in [-0.25, -0.2) is 0 Å². The molecule has 0 saturated heterocycles. The Labute approximate surface area is 87.5 Å². The Kier molecular flexibility index (Phi) is 2.72. The number of halogens is 1. The molecule has 1 aliphatic rings. The molecule has 1 aromatic heterocycles. The van der Waals surface area contributed by atoms with E-state index in [4.69, 9.17) is 0 Å². The summed E-state index contributed by atoms with van der Waals surface area (Å²) in [6, 6.07) is 0. The highest BCUT2D eigenvalue weighted by Gasteiger charge is 2.18. The Hall–Kier alpha value is -0.310. The van der Waals surface area contributed by atoms with Crippen molar-refractivity contribution in [3.63, 3.8) is 0 Å². The third kappa shape index (κ3) is 1.96. The van der Waals surface area contributed by atoms with E-state index in [9.17, 15) is 0 Å². The summed E-state index contributed by atoms with van der Waals surface area (Å²) in [4.78, 5) is 0. The van der Waals surface area contributed by atoms with Crippen molar-refractivity contribution >= 4 is 15.9 Å². The highest BCUT2D eigenvalue weighted by atomic mass is 79.9. The third-order valence-electron chi connectivity index (χ3n) is 2.86. The molecule has 0 N–H and O–H groups in total. The highest BCUT2D eigenvalue weighted by molar-refractivity contribution is 9.08. The predicted octanol–water partition coefficient (Wildman–Crippen LogP) is 2.89. The minimum absolute atomic E-state index is 0.891. The number of aromatic nitrogens is 2. The van der Waals surface area contributed by atoms with Gasteiger partial charge in [0, 0.05) is 23.6 Å². The Balaban J connectivity index is 2.03. The van der Waals surface area contributed by atoms with Gasteiger partial charge in [0.15, 0.2) is 0 Å². The van der Waals surface area contributed by atoms with E-state index in [0.717, 1.165) is 23.5 Å². The average molecular weight is 243 g/mol. The summed E-state index contributed by atoms with van der Waals surface area (Å²) < 4.78 is 2.11. The van der Waals surface area contributed by atoms with Crippen molar-refractivity contribution in [3.8, 4) is 0 Å². The van der Waals surface area contributed by atoms with Crippen LogP contribution in [-0.2, 0) is 11.9 Å². The van der Waals surface area contributed by atoms with Crippen molar-refractivity contribution in [2.45, 2.75) is 38.1 Å². The fraction of sp³-hybridized carbons (Fsp3) is 0.700. The predicted molar refractivity (Wildman–Crippen MR) is 56.9 cm³/mol. The molecule has 0 aliphatic heterocycles. The SMILES string of the molecule is Cc1nn(CC2CCC2)cc1CBr. The minimum atomic E-state index is 0.891. The molecule has 0 unspecified atom stereocenters. The van der Waals surface area contributed by atoms with Crippen molar-refractivity contribution in [2.75, 3.05) is 0 Å². The lowest BCUT2D eigenvalue weighted by Crippen LogP contribution is -2.18. The maximum atomic E-state index is 4.49. The van der Waals surface area contributed by atoms with Crippen LogP contribution < -0.4 is 0 Å². The van der Waals surface area contributed by atoms with Crippen LogP contribution in [0.15, 0.2) is 6.20 Å². The van der Waals surface area contributed by atoms with E-state index in [-0.39, 0.29) is 0 Å². The average Bonchev–Trinajstić information content (AvgIpc) is 2.39. The lowest BCUT2D eigenvalue weighted by molar-refractivity contribution is 0.266. The molecule has 1 aromatic rings. The summed E-state index contributed by atoms with van der Waals surface area (Å²) in [6.45, 7) is 3.20. The van der Waals surface area contributed by atoms with E-state index in [1.165, 1.54) is 24.8 Å². The Morgan fingerprint density at radius 1 is 1.62 bits per heavy atom. The van der Waals surface area contributed by atoms with E-state index in [1.807, 2.05) is 0 Å². The first-order valence-corrected chi connectivity index (χ1v) is 6.00. The van der Waals surface area contributed by atoms with E-state index in [2.05, 4.69) is 38.8 Å². The maximum absolute atomic E-state index is 4.49. The first-order valence-electron chi connectivity index (χ1n) is 4.88. The molecule has 0 bridgehead atoms. The van der Waals surface area contributed by atoms with Crippen molar-refractivity contribution in [2.24, 2.45) is 5.92 Å². The third-order valence-corrected chi connectivity index (χ3v) is 3.47. The van der Waals surface area contributed by atoms with Crippen LogP contribution in [0, 0.1) is 12.8 Å². The van der Waals surface area contributed by atoms with Gasteiger partial charge in [-0.2, -0.15) is 5.10 Å². The van der Waals surface area contributed by atoms with Crippen LogP contribution in [0.1, 0.15) is 30.5 Å². The topological polar surface area (TPSA) is 17.8 Å². The van der Waals surface area contributed by atoms with Crippen molar-refractivity contribution in [3.05, 3.63) is 17.5 Å². The number of aryl methyl sites for hydroxylation is 1. The molecule has 1 heterocycles. The molecular formula is C10H15BrN2. The zero-order valence-electron chi connectivity index (χ0n) is 7.96. The molecule has 1 fully saturated rings. The Bertz CT molecular complexity index is 289. The van der Waals surface area contributed by atoms with Gasteiger partial charge in [-0.15, -0.1) is 0 Å². The van der Waals surface area contributed by atoms with Gasteiger partial charge in [-0.3, -0.25) is 4.68 Å². The number of nitrogens with zero attached hydrogens (tertiary/aromatic N) is 2. The van der Waals surface area contributed by atoms with Gasteiger partial charge in [0.25, 0.3) is 0 Å². The summed E-state index contributed by atoms with van der Waals surface area (Å²) in [5, 5.41) is 5.41. The van der Waals surface area contributed by atoms with Crippen molar-refractivity contribution in [1.29, 1.82) is 0 Å². The summed E-state index contributed by atoms with van der Waals surface area (Å²) in [6.07, 6.45) is 6.36. The minimum Gasteiger partial charge on any atom is -0.272 e. The largest absolute Gasteiger partial charge is 0.272 e. The number of alkyl halides is 1. The second kappa shape index (κ2) is 3.82. The van der Waals surface area contributed by atoms with Crippen LogP contribution in [0.2, 0.25) is 0 Å². The van der Waals surface area contributed by atoms with Gasteiger partial charge >= 0.3 is 0 Å². The van der Waals surface area contributed by atoms with E-state index < -0.39 is 0 Å². The zero-order chi connectivity index (χ0) is 9.26. The molecule has 13 heavy (non-hydrogen) atoms. The molecule has 0 spiro atoms. The van der Waals surface area contributed by atoms with Gasteiger partial charge in [0.2, 0.25) is 0 Å². The van der Waals surface area contributed by atoms with Gasteiger partial charge < -0.3 is 0 Å². The Morgan fingerprint density at radius 2 is 2.38 bits per heavy atom. The van der Waals surface area contributed by atoms with Gasteiger partial charge in [0.1, 0.15) is 0 Å². The second-order valence-electron chi connectivity index (χ2n) is 3.89. The molecular weight excluding hydrogens is 228 g/mol. The maximum Gasteiger partial charge on any atom is 0.0634 e. The molecule has 3 heteroatoms. The molecule has 72 valence electrons. The van der Waals surface area contributed by atoms with Crippen LogP contribution in [0.5, 0.6) is 0 Å². The fourth-order valence-corrected chi connectivity index (χ4v) is 2.27. The molecule has 2 rings (SSSR count). The molecule has 0 atom stereocenters. The number of hydrogen-bond donors (Lipinski definition) is 0. The van der Waals surface area contributed by atoms with Gasteiger partial charge in [-0.05, 0) is 25.7 Å². The summed E-state index contributed by atoms with van der Waals surface area (Å²) in [7, 11) is 0. The van der Waals surface area contributed by atoms with Crippen molar-refractivity contribution in [1.82, 2.24) is 9.78 Å². The van der Waals surface area contributed by atoms with Crippen molar-refractivity contribution < 1.29 is 0 Å². The van der Waals surface area contributed by atoms with Gasteiger partial charge in [0.05, 0.1) is 5.69 Å². The van der Waals surface area contributed by atoms with Crippen LogP contribution >= 0.6 is 15.9 Å². The monoisotopic (exact) mass is 242 g/mol. The molecule has 0 amide bonds.